The van der Waals surface area contributed by atoms with E-state index in [0.29, 0.717) is 6.54 Å². The third-order valence-corrected chi connectivity index (χ3v) is 3.50. The molecule has 0 saturated carbocycles. The second-order valence-corrected chi connectivity index (χ2v) is 5.05. The second-order valence-electron chi connectivity index (χ2n) is 2.93. The molecule has 0 fully saturated rings. The van der Waals surface area contributed by atoms with Crippen LogP contribution in [0, 0.1) is 0 Å². The van der Waals surface area contributed by atoms with E-state index in [2.05, 4.69) is 16.8 Å². The summed E-state index contributed by atoms with van der Waals surface area (Å²) < 4.78 is 24.2. The molecule has 6 heteroatoms. The van der Waals surface area contributed by atoms with Crippen molar-refractivity contribution in [1.82, 2.24) is 14.5 Å². The Hall–Kier alpha value is -1.14. The van der Waals surface area contributed by atoms with E-state index in [-0.39, 0.29) is 5.75 Å². The van der Waals surface area contributed by atoms with Crippen molar-refractivity contribution in [2.45, 2.75) is 6.54 Å². The number of hydrogen-bond donors (Lipinski definition) is 1. The molecule has 14 heavy (non-hydrogen) atoms. The van der Waals surface area contributed by atoms with Crippen molar-refractivity contribution in [3.8, 4) is 0 Å². The molecule has 1 heterocycles. The van der Waals surface area contributed by atoms with Crippen LogP contribution in [0.1, 0.15) is 5.56 Å². The Morgan fingerprint density at radius 1 is 1.71 bits per heavy atom. The Labute approximate surface area is 83.5 Å². The maximum atomic E-state index is 11.5. The van der Waals surface area contributed by atoms with Crippen LogP contribution in [-0.4, -0.2) is 35.7 Å². The first-order valence-corrected chi connectivity index (χ1v) is 5.70. The van der Waals surface area contributed by atoms with Gasteiger partial charge in [0.25, 0.3) is 0 Å². The van der Waals surface area contributed by atoms with Gasteiger partial charge >= 0.3 is 0 Å². The lowest BCUT2D eigenvalue weighted by Gasteiger charge is -2.14. The normalized spacial score (nSPS) is 11.9. The summed E-state index contributed by atoms with van der Waals surface area (Å²) in [6.45, 7) is 3.73. The highest BCUT2D eigenvalue weighted by Crippen LogP contribution is 2.05. The van der Waals surface area contributed by atoms with E-state index in [9.17, 15) is 8.42 Å². The zero-order valence-electron chi connectivity index (χ0n) is 7.97. The number of aromatic nitrogens is 2. The van der Waals surface area contributed by atoms with Crippen LogP contribution < -0.4 is 0 Å². The maximum absolute atomic E-state index is 11.5. The van der Waals surface area contributed by atoms with E-state index in [0.717, 1.165) is 5.56 Å². The minimum Gasteiger partial charge on any atom is -0.285 e. The zero-order chi connectivity index (χ0) is 10.6. The van der Waals surface area contributed by atoms with E-state index in [1.54, 1.807) is 12.4 Å². The Morgan fingerprint density at radius 2 is 2.43 bits per heavy atom. The third kappa shape index (κ3) is 2.68. The highest BCUT2D eigenvalue weighted by Gasteiger charge is 2.15. The largest absolute Gasteiger partial charge is 0.285 e. The van der Waals surface area contributed by atoms with E-state index >= 15 is 0 Å². The molecule has 0 aliphatic heterocycles. The summed E-state index contributed by atoms with van der Waals surface area (Å²) >= 11 is 0. The Morgan fingerprint density at radius 3 is 2.93 bits per heavy atom. The molecule has 1 N–H and O–H groups in total. The van der Waals surface area contributed by atoms with Gasteiger partial charge in [-0.15, -0.1) is 6.58 Å². The highest BCUT2D eigenvalue weighted by atomic mass is 32.2. The summed E-state index contributed by atoms with van der Waals surface area (Å²) in [5.41, 5.74) is 0.833. The lowest BCUT2D eigenvalue weighted by Crippen LogP contribution is -2.27. The molecule has 0 bridgehead atoms. The fourth-order valence-corrected chi connectivity index (χ4v) is 1.89. The molecule has 0 aromatic carbocycles. The highest BCUT2D eigenvalue weighted by molar-refractivity contribution is 7.89. The van der Waals surface area contributed by atoms with Gasteiger partial charge in [-0.1, -0.05) is 6.08 Å². The average Bonchev–Trinajstić information content (AvgIpc) is 2.56. The van der Waals surface area contributed by atoms with Crippen LogP contribution in [0.5, 0.6) is 0 Å². The average molecular weight is 215 g/mol. The summed E-state index contributed by atoms with van der Waals surface area (Å²) in [5, 5.41) is 6.36. The van der Waals surface area contributed by atoms with Crippen molar-refractivity contribution < 1.29 is 8.42 Å². The molecule has 0 aliphatic carbocycles. The molecule has 0 spiro atoms. The van der Waals surface area contributed by atoms with Crippen LogP contribution in [0.15, 0.2) is 25.0 Å². The van der Waals surface area contributed by atoms with Crippen molar-refractivity contribution in [3.05, 3.63) is 30.6 Å². The van der Waals surface area contributed by atoms with Gasteiger partial charge in [0.05, 0.1) is 11.9 Å². The topological polar surface area (TPSA) is 66.1 Å². The smallest absolute Gasteiger partial charge is 0.217 e. The van der Waals surface area contributed by atoms with Crippen LogP contribution >= 0.6 is 0 Å². The lowest BCUT2D eigenvalue weighted by molar-refractivity contribution is 0.469. The zero-order valence-corrected chi connectivity index (χ0v) is 8.79. The number of nitrogens with zero attached hydrogens (tertiary/aromatic N) is 2. The SMILES string of the molecule is C=CCS(=O)(=O)N(C)Cc1cn[nH]c1. The second kappa shape index (κ2) is 4.39. The molecular weight excluding hydrogens is 202 g/mol. The Bertz CT molecular complexity index is 383. The molecule has 1 aromatic rings. The fraction of sp³-hybridized carbons (Fsp3) is 0.375. The molecule has 0 radical (unpaired) electrons. The summed E-state index contributed by atoms with van der Waals surface area (Å²) in [6, 6.07) is 0. The fourth-order valence-electron chi connectivity index (χ4n) is 0.996. The first-order valence-electron chi connectivity index (χ1n) is 4.09. The van der Waals surface area contributed by atoms with Crippen molar-refractivity contribution >= 4 is 10.0 Å². The molecule has 5 nitrogen and oxygen atoms in total. The number of sulfonamides is 1. The number of aromatic amines is 1. The van der Waals surface area contributed by atoms with Crippen LogP contribution in [0.25, 0.3) is 0 Å². The van der Waals surface area contributed by atoms with Gasteiger partial charge in [-0.2, -0.15) is 5.10 Å². The number of nitrogens with one attached hydrogen (secondary N) is 1. The molecule has 1 rings (SSSR count). The quantitative estimate of drug-likeness (QED) is 0.721. The molecule has 0 amide bonds. The van der Waals surface area contributed by atoms with Crippen molar-refractivity contribution in [1.29, 1.82) is 0 Å². The van der Waals surface area contributed by atoms with Gasteiger partial charge in [0.2, 0.25) is 10.0 Å². The first kappa shape index (κ1) is 10.9. The monoisotopic (exact) mass is 215 g/mol. The van der Waals surface area contributed by atoms with Gasteiger partial charge in [0, 0.05) is 25.4 Å². The maximum Gasteiger partial charge on any atom is 0.217 e. The van der Waals surface area contributed by atoms with Gasteiger partial charge in [-0.25, -0.2) is 12.7 Å². The van der Waals surface area contributed by atoms with Crippen LogP contribution in [0.4, 0.5) is 0 Å². The summed E-state index contributed by atoms with van der Waals surface area (Å²) in [4.78, 5) is 0. The standard InChI is InChI=1S/C8H13N3O2S/c1-3-4-14(12,13)11(2)7-8-5-9-10-6-8/h3,5-6H,1,4,7H2,2H3,(H,9,10). The van der Waals surface area contributed by atoms with Gasteiger partial charge in [-0.05, 0) is 0 Å². The minimum atomic E-state index is -3.21. The van der Waals surface area contributed by atoms with E-state index in [1.807, 2.05) is 0 Å². The first-order chi connectivity index (χ1) is 6.56. The van der Waals surface area contributed by atoms with E-state index in [1.165, 1.54) is 17.4 Å². The Kier molecular flexibility index (Phi) is 3.43. The molecule has 0 atom stereocenters. The van der Waals surface area contributed by atoms with Gasteiger partial charge in [0.1, 0.15) is 0 Å². The lowest BCUT2D eigenvalue weighted by atomic mass is 10.4. The predicted octanol–water partition coefficient (Wildman–Crippen LogP) is 0.357. The molecule has 1 aromatic heterocycles. The molecule has 0 aliphatic rings. The number of hydrogen-bond acceptors (Lipinski definition) is 3. The third-order valence-electron chi connectivity index (χ3n) is 1.76. The van der Waals surface area contributed by atoms with Crippen LogP contribution in [0.2, 0.25) is 0 Å². The van der Waals surface area contributed by atoms with Gasteiger partial charge < -0.3 is 0 Å². The number of H-pyrrole nitrogens is 1. The molecule has 0 unspecified atom stereocenters. The van der Waals surface area contributed by atoms with Crippen molar-refractivity contribution in [2.24, 2.45) is 0 Å². The summed E-state index contributed by atoms with van der Waals surface area (Å²) in [7, 11) is -1.68. The Balaban J connectivity index is 2.67. The van der Waals surface area contributed by atoms with E-state index < -0.39 is 10.0 Å². The molecule has 78 valence electrons. The van der Waals surface area contributed by atoms with Crippen LogP contribution in [-0.2, 0) is 16.6 Å². The van der Waals surface area contributed by atoms with Crippen molar-refractivity contribution in [2.75, 3.05) is 12.8 Å². The van der Waals surface area contributed by atoms with Crippen molar-refractivity contribution in [3.63, 3.8) is 0 Å². The molecular formula is C8H13N3O2S. The van der Waals surface area contributed by atoms with Gasteiger partial charge in [-0.3, -0.25) is 5.10 Å². The van der Waals surface area contributed by atoms with E-state index in [4.69, 9.17) is 0 Å². The minimum absolute atomic E-state index is 0.0403. The number of rotatable bonds is 5. The predicted molar refractivity (Wildman–Crippen MR) is 54.0 cm³/mol. The van der Waals surface area contributed by atoms with Gasteiger partial charge in [0.15, 0.2) is 0 Å². The van der Waals surface area contributed by atoms with Crippen LogP contribution in [0.3, 0.4) is 0 Å². The summed E-state index contributed by atoms with van der Waals surface area (Å²) in [5.74, 6) is -0.0403. The molecule has 0 saturated heterocycles. The summed E-state index contributed by atoms with van der Waals surface area (Å²) in [6.07, 6.45) is 4.64.